The molecule has 2 atom stereocenters. The molecule has 0 aromatic heterocycles. The van der Waals surface area contributed by atoms with Gasteiger partial charge in [0.05, 0.1) is 12.5 Å². The number of hydrogen-bond acceptors (Lipinski definition) is 3. The summed E-state index contributed by atoms with van der Waals surface area (Å²) in [6, 6.07) is 0. The van der Waals surface area contributed by atoms with Gasteiger partial charge in [0.25, 0.3) is 0 Å². The molecule has 0 radical (unpaired) electrons. The van der Waals surface area contributed by atoms with Crippen molar-refractivity contribution in [2.24, 2.45) is 23.7 Å². The fraction of sp³-hybridized carbons (Fsp3) is 0.909. The van der Waals surface area contributed by atoms with Crippen LogP contribution in [0, 0.1) is 23.7 Å². The molecule has 0 amide bonds. The summed E-state index contributed by atoms with van der Waals surface area (Å²) in [6.07, 6.45) is 8.41. The summed E-state index contributed by atoms with van der Waals surface area (Å²) in [5.74, 6) is 0.425. The van der Waals surface area contributed by atoms with Crippen molar-refractivity contribution in [2.45, 2.75) is 99.3 Å². The second-order valence-electron chi connectivity index (χ2n) is 8.27. The second kappa shape index (κ2) is 14.3. The number of esters is 1. The van der Waals surface area contributed by atoms with Gasteiger partial charge < -0.3 is 4.74 Å². The minimum absolute atomic E-state index is 0.152. The van der Waals surface area contributed by atoms with Crippen LogP contribution in [-0.4, -0.2) is 18.4 Å². The van der Waals surface area contributed by atoms with Crippen molar-refractivity contribution < 1.29 is 14.3 Å². The molecule has 0 bridgehead atoms. The van der Waals surface area contributed by atoms with Gasteiger partial charge in [-0.2, -0.15) is 0 Å². The predicted octanol–water partition coefficient (Wildman–Crippen LogP) is 6.19. The van der Waals surface area contributed by atoms with Crippen molar-refractivity contribution in [3.05, 3.63) is 0 Å². The van der Waals surface area contributed by atoms with E-state index in [1.165, 1.54) is 12.8 Å². The van der Waals surface area contributed by atoms with E-state index in [1.54, 1.807) is 0 Å². The number of hydrogen-bond donors (Lipinski definition) is 0. The zero-order valence-electron chi connectivity index (χ0n) is 17.6. The van der Waals surface area contributed by atoms with Gasteiger partial charge in [-0.3, -0.25) is 9.59 Å². The van der Waals surface area contributed by atoms with E-state index in [2.05, 4.69) is 41.5 Å². The first-order valence-electron chi connectivity index (χ1n) is 10.5. The Bertz CT molecular complexity index is 360. The molecule has 0 heterocycles. The average molecular weight is 355 g/mol. The van der Waals surface area contributed by atoms with Gasteiger partial charge in [0.15, 0.2) is 0 Å². The summed E-state index contributed by atoms with van der Waals surface area (Å²) in [7, 11) is 0. The van der Waals surface area contributed by atoms with E-state index in [0.29, 0.717) is 24.9 Å². The molecule has 148 valence electrons. The van der Waals surface area contributed by atoms with Crippen LogP contribution in [0.25, 0.3) is 0 Å². The number of rotatable bonds is 15. The number of ether oxygens (including phenoxy) is 1. The van der Waals surface area contributed by atoms with E-state index in [0.717, 1.165) is 38.5 Å². The highest BCUT2D eigenvalue weighted by Gasteiger charge is 2.35. The Labute approximate surface area is 156 Å². The second-order valence-corrected chi connectivity index (χ2v) is 8.27. The van der Waals surface area contributed by atoms with Crippen LogP contribution in [-0.2, 0) is 14.3 Å². The Morgan fingerprint density at radius 2 is 1.32 bits per heavy atom. The molecule has 0 N–H and O–H groups in total. The van der Waals surface area contributed by atoms with Gasteiger partial charge in [-0.15, -0.1) is 0 Å². The standard InChI is InChI=1S/C22H42O3/c1-7-9-11-12-14-25-22(24)20(16-18(5)6)19(15-17(3)4)21(23)13-10-8-2/h17-20H,7-16H2,1-6H3. The van der Waals surface area contributed by atoms with Gasteiger partial charge in [0.1, 0.15) is 5.78 Å². The number of carbonyl (C=O) groups excluding carboxylic acids is 2. The summed E-state index contributed by atoms with van der Waals surface area (Å²) in [4.78, 5) is 25.5. The van der Waals surface area contributed by atoms with Crippen molar-refractivity contribution in [1.29, 1.82) is 0 Å². The zero-order valence-corrected chi connectivity index (χ0v) is 17.6. The minimum atomic E-state index is -0.280. The molecule has 0 aromatic rings. The highest BCUT2D eigenvalue weighted by Crippen LogP contribution is 2.30. The van der Waals surface area contributed by atoms with Gasteiger partial charge in [-0.05, 0) is 37.5 Å². The highest BCUT2D eigenvalue weighted by molar-refractivity contribution is 5.86. The van der Waals surface area contributed by atoms with Crippen molar-refractivity contribution in [1.82, 2.24) is 0 Å². The van der Waals surface area contributed by atoms with Crippen molar-refractivity contribution in [3.8, 4) is 0 Å². The molecule has 25 heavy (non-hydrogen) atoms. The van der Waals surface area contributed by atoms with Gasteiger partial charge in [-0.25, -0.2) is 0 Å². The Kier molecular flexibility index (Phi) is 13.8. The van der Waals surface area contributed by atoms with Crippen molar-refractivity contribution in [2.75, 3.05) is 6.61 Å². The summed E-state index contributed by atoms with van der Waals surface area (Å²) in [6.45, 7) is 13.2. The van der Waals surface area contributed by atoms with E-state index >= 15 is 0 Å². The molecule has 0 spiro atoms. The lowest BCUT2D eigenvalue weighted by Crippen LogP contribution is -2.33. The molecule has 3 heteroatoms. The maximum atomic E-state index is 12.8. The van der Waals surface area contributed by atoms with Crippen LogP contribution in [0.3, 0.4) is 0 Å². The molecule has 0 fully saturated rings. The number of Topliss-reactive ketones (excluding diaryl/α,β-unsaturated/α-hetero) is 1. The molecule has 0 aromatic carbocycles. The summed E-state index contributed by atoms with van der Waals surface area (Å²) >= 11 is 0. The van der Waals surface area contributed by atoms with Gasteiger partial charge in [-0.1, -0.05) is 67.2 Å². The van der Waals surface area contributed by atoms with Crippen LogP contribution in [0.5, 0.6) is 0 Å². The SMILES string of the molecule is CCCCCCOC(=O)C(CC(C)C)C(CC(C)C)C(=O)CCCC. The molecule has 0 saturated heterocycles. The quantitative estimate of drug-likeness (QED) is 0.260. The lowest BCUT2D eigenvalue weighted by atomic mass is 9.77. The van der Waals surface area contributed by atoms with Crippen LogP contribution >= 0.6 is 0 Å². The maximum Gasteiger partial charge on any atom is 0.309 e. The lowest BCUT2D eigenvalue weighted by Gasteiger charge is -2.27. The van der Waals surface area contributed by atoms with E-state index in [9.17, 15) is 9.59 Å². The van der Waals surface area contributed by atoms with Crippen LogP contribution in [0.1, 0.15) is 99.3 Å². The fourth-order valence-corrected chi connectivity index (χ4v) is 3.31. The predicted molar refractivity (Wildman–Crippen MR) is 106 cm³/mol. The van der Waals surface area contributed by atoms with E-state index in [1.807, 2.05) is 0 Å². The number of unbranched alkanes of at least 4 members (excludes halogenated alkanes) is 4. The van der Waals surface area contributed by atoms with Crippen LogP contribution in [0.4, 0.5) is 0 Å². The first kappa shape index (κ1) is 24.1. The number of ketones is 1. The third-order valence-corrected chi connectivity index (χ3v) is 4.67. The Morgan fingerprint density at radius 3 is 1.84 bits per heavy atom. The van der Waals surface area contributed by atoms with Crippen LogP contribution in [0.15, 0.2) is 0 Å². The fourth-order valence-electron chi connectivity index (χ4n) is 3.31. The first-order valence-corrected chi connectivity index (χ1v) is 10.5. The molecule has 0 aliphatic heterocycles. The Morgan fingerprint density at radius 1 is 0.760 bits per heavy atom. The topological polar surface area (TPSA) is 43.4 Å². The molecule has 0 aliphatic carbocycles. The normalized spacial score (nSPS) is 13.9. The lowest BCUT2D eigenvalue weighted by molar-refractivity contribution is -0.154. The first-order chi connectivity index (χ1) is 11.8. The van der Waals surface area contributed by atoms with E-state index in [4.69, 9.17) is 4.74 Å². The Hall–Kier alpha value is -0.860. The summed E-state index contributed by atoms with van der Waals surface area (Å²) in [5, 5.41) is 0. The highest BCUT2D eigenvalue weighted by atomic mass is 16.5. The molecule has 3 nitrogen and oxygen atoms in total. The average Bonchev–Trinajstić information content (AvgIpc) is 2.54. The largest absolute Gasteiger partial charge is 0.465 e. The molecule has 0 rings (SSSR count). The summed E-state index contributed by atoms with van der Waals surface area (Å²) in [5.41, 5.74) is 0. The smallest absolute Gasteiger partial charge is 0.309 e. The van der Waals surface area contributed by atoms with Gasteiger partial charge in [0, 0.05) is 12.3 Å². The number of carbonyl (C=O) groups is 2. The zero-order chi connectivity index (χ0) is 19.2. The molecular weight excluding hydrogens is 312 g/mol. The van der Waals surface area contributed by atoms with Crippen LogP contribution < -0.4 is 0 Å². The van der Waals surface area contributed by atoms with E-state index in [-0.39, 0.29) is 23.6 Å². The van der Waals surface area contributed by atoms with Gasteiger partial charge >= 0.3 is 5.97 Å². The monoisotopic (exact) mass is 354 g/mol. The van der Waals surface area contributed by atoms with Crippen molar-refractivity contribution in [3.63, 3.8) is 0 Å². The maximum absolute atomic E-state index is 12.8. The third kappa shape index (κ3) is 11.4. The molecule has 0 aliphatic rings. The summed E-state index contributed by atoms with van der Waals surface area (Å²) < 4.78 is 5.58. The Balaban J connectivity index is 4.97. The molecular formula is C22H42O3. The van der Waals surface area contributed by atoms with Gasteiger partial charge in [0.2, 0.25) is 0 Å². The minimum Gasteiger partial charge on any atom is -0.465 e. The molecule has 0 saturated carbocycles. The van der Waals surface area contributed by atoms with Crippen LogP contribution in [0.2, 0.25) is 0 Å². The third-order valence-electron chi connectivity index (χ3n) is 4.67. The molecule has 2 unspecified atom stereocenters. The van der Waals surface area contributed by atoms with E-state index < -0.39 is 0 Å². The van der Waals surface area contributed by atoms with Crippen molar-refractivity contribution >= 4 is 11.8 Å².